The molecule has 0 spiro atoms. The van der Waals surface area contributed by atoms with Gasteiger partial charge >= 0.3 is 11.4 Å². The van der Waals surface area contributed by atoms with E-state index in [1.165, 1.54) is 25.1 Å². The SMILES string of the molecule is C=CCc1cccc(C2C3=CCC4C(=O)N(c5cc([N+](=O)[O-])c(N(C)C)c([N+](=O)[O-])c5)C(=O)C4C3CC3C(=O)C(c4ccccc4)=CC(=O)C32c2ccccc2)c1O. The van der Waals surface area contributed by atoms with E-state index in [0.29, 0.717) is 34.2 Å². The van der Waals surface area contributed by atoms with Gasteiger partial charge in [-0.1, -0.05) is 96.6 Å². The van der Waals surface area contributed by atoms with Crippen LogP contribution in [0.15, 0.2) is 121 Å². The molecule has 0 radical (unpaired) electrons. The van der Waals surface area contributed by atoms with E-state index in [-0.39, 0.29) is 47.1 Å². The zero-order valence-electron chi connectivity index (χ0n) is 31.6. The van der Waals surface area contributed by atoms with Crippen LogP contribution in [0.4, 0.5) is 22.7 Å². The summed E-state index contributed by atoms with van der Waals surface area (Å²) in [5.74, 6) is -7.11. The molecule has 0 bridgehead atoms. The molecule has 13 heteroatoms. The van der Waals surface area contributed by atoms with Crippen molar-refractivity contribution in [1.29, 1.82) is 0 Å². The molecule has 4 aliphatic rings. The molecule has 2 fully saturated rings. The molecule has 0 aromatic heterocycles. The van der Waals surface area contributed by atoms with Crippen molar-refractivity contribution in [2.24, 2.45) is 23.7 Å². The summed E-state index contributed by atoms with van der Waals surface area (Å²) in [7, 11) is 2.83. The van der Waals surface area contributed by atoms with Crippen LogP contribution in [0.1, 0.15) is 41.0 Å². The highest BCUT2D eigenvalue weighted by atomic mass is 16.6. The van der Waals surface area contributed by atoms with Crippen molar-refractivity contribution >= 4 is 51.7 Å². The number of benzene rings is 4. The van der Waals surface area contributed by atoms with Crippen LogP contribution in [-0.4, -0.2) is 52.4 Å². The highest BCUT2D eigenvalue weighted by Gasteiger charge is 2.66. The van der Waals surface area contributed by atoms with Gasteiger partial charge in [0.25, 0.3) is 0 Å². The number of allylic oxidation sites excluding steroid dienone is 5. The second-order valence-corrected chi connectivity index (χ2v) is 15.4. The first-order valence-corrected chi connectivity index (χ1v) is 18.9. The molecule has 1 saturated heterocycles. The van der Waals surface area contributed by atoms with Crippen molar-refractivity contribution in [1.82, 2.24) is 0 Å². The number of hydrogen-bond acceptors (Lipinski definition) is 10. The average molecular weight is 779 g/mol. The minimum absolute atomic E-state index is 0.0209. The third-order valence-corrected chi connectivity index (χ3v) is 12.4. The number of para-hydroxylation sites is 1. The number of carbonyl (C=O) groups is 4. The molecular weight excluding hydrogens is 741 g/mol. The molecule has 4 aromatic rings. The quantitative estimate of drug-likeness (QED) is 0.0802. The van der Waals surface area contributed by atoms with Gasteiger partial charge in [-0.3, -0.25) is 39.4 Å². The van der Waals surface area contributed by atoms with Gasteiger partial charge in [-0.2, -0.15) is 0 Å². The maximum absolute atomic E-state index is 15.3. The van der Waals surface area contributed by atoms with E-state index in [4.69, 9.17) is 0 Å². The molecule has 6 unspecified atom stereocenters. The Morgan fingerprint density at radius 3 is 2.12 bits per heavy atom. The van der Waals surface area contributed by atoms with E-state index >= 15 is 9.59 Å². The van der Waals surface area contributed by atoms with E-state index in [1.54, 1.807) is 84.9 Å². The fourth-order valence-corrected chi connectivity index (χ4v) is 10.1. The summed E-state index contributed by atoms with van der Waals surface area (Å²) < 4.78 is 0. The van der Waals surface area contributed by atoms with Gasteiger partial charge < -0.3 is 10.0 Å². The number of nitro benzene ring substituents is 2. The second kappa shape index (κ2) is 14.2. The van der Waals surface area contributed by atoms with Gasteiger partial charge in [0.05, 0.1) is 32.8 Å². The first-order valence-electron chi connectivity index (χ1n) is 18.9. The molecule has 3 aliphatic carbocycles. The number of anilines is 2. The second-order valence-electron chi connectivity index (χ2n) is 15.4. The van der Waals surface area contributed by atoms with Crippen molar-refractivity contribution in [3.05, 3.63) is 164 Å². The number of hydrogen-bond donors (Lipinski definition) is 1. The Bertz CT molecular complexity index is 2490. The topological polar surface area (TPSA) is 181 Å². The molecule has 2 amide bonds. The Kier molecular flexibility index (Phi) is 9.26. The third-order valence-electron chi connectivity index (χ3n) is 12.4. The van der Waals surface area contributed by atoms with Gasteiger partial charge in [0, 0.05) is 49.2 Å². The van der Waals surface area contributed by atoms with Gasteiger partial charge in [0.1, 0.15) is 5.75 Å². The van der Waals surface area contributed by atoms with E-state index in [1.807, 2.05) is 6.08 Å². The van der Waals surface area contributed by atoms with Gasteiger partial charge in [-0.25, -0.2) is 4.90 Å². The third kappa shape index (κ3) is 5.52. The summed E-state index contributed by atoms with van der Waals surface area (Å²) >= 11 is 0. The molecule has 4 aromatic carbocycles. The molecule has 1 saturated carbocycles. The van der Waals surface area contributed by atoms with Crippen LogP contribution in [0.3, 0.4) is 0 Å². The normalized spacial score (nSPS) is 24.9. The number of imide groups is 1. The average Bonchev–Trinajstić information content (AvgIpc) is 3.48. The van der Waals surface area contributed by atoms with Crippen LogP contribution in [0.2, 0.25) is 0 Å². The zero-order valence-corrected chi connectivity index (χ0v) is 31.6. The highest BCUT2D eigenvalue weighted by molar-refractivity contribution is 6.32. The monoisotopic (exact) mass is 778 g/mol. The standard InChI is InChI=1S/C45H38N4O9/c1-4-12-26-15-11-18-31(41(26)51)39-29-19-20-30-38(44(54)47(43(30)53)28-21-35(48(55)56)40(46(2)3)36(22-28)49(57)58)33(29)23-34-42(52)32(25-13-7-5-8-14-25)24-37(50)45(34,39)27-16-9-6-10-17-27/h4-11,13-19,21-22,24,30,33-34,38-39,51H,1,12,20,23H2,2-3H3. The van der Waals surface area contributed by atoms with Crippen molar-refractivity contribution < 1.29 is 34.1 Å². The predicted octanol–water partition coefficient (Wildman–Crippen LogP) is 7.03. The van der Waals surface area contributed by atoms with Gasteiger partial charge in [-0.15, -0.1) is 6.58 Å². The van der Waals surface area contributed by atoms with E-state index < -0.39 is 68.0 Å². The summed E-state index contributed by atoms with van der Waals surface area (Å²) in [6.45, 7) is 3.84. The molecule has 292 valence electrons. The molecule has 58 heavy (non-hydrogen) atoms. The summed E-state index contributed by atoms with van der Waals surface area (Å²) in [4.78, 5) is 84.7. The predicted molar refractivity (Wildman–Crippen MR) is 215 cm³/mol. The minimum atomic E-state index is -1.58. The van der Waals surface area contributed by atoms with Crippen LogP contribution in [-0.2, 0) is 31.0 Å². The number of phenolic OH excluding ortho intramolecular Hbond substituents is 1. The first-order chi connectivity index (χ1) is 27.8. The highest BCUT2D eigenvalue weighted by Crippen LogP contribution is 2.65. The lowest BCUT2D eigenvalue weighted by atomic mass is 9.44. The number of nitrogens with zero attached hydrogens (tertiary/aromatic N) is 4. The fourth-order valence-electron chi connectivity index (χ4n) is 10.1. The fraction of sp³-hybridized carbons (Fsp3) is 0.244. The van der Waals surface area contributed by atoms with Crippen LogP contribution in [0.25, 0.3) is 5.57 Å². The number of carbonyl (C=O) groups excluding carboxylic acids is 4. The Labute approximate surface area is 332 Å². The first kappa shape index (κ1) is 37.9. The van der Waals surface area contributed by atoms with Crippen molar-refractivity contribution in [3.8, 4) is 5.75 Å². The Balaban J connectivity index is 1.35. The van der Waals surface area contributed by atoms with E-state index in [9.17, 15) is 34.9 Å². The molecule has 8 rings (SSSR count). The maximum Gasteiger partial charge on any atom is 0.301 e. The van der Waals surface area contributed by atoms with Crippen LogP contribution >= 0.6 is 0 Å². The summed E-state index contributed by atoms with van der Waals surface area (Å²) in [6, 6.07) is 25.0. The van der Waals surface area contributed by atoms with Gasteiger partial charge in [0.15, 0.2) is 17.3 Å². The number of Topliss-reactive ketones (excluding diaryl/α,β-unsaturated/α-hetero) is 1. The molecule has 6 atom stereocenters. The molecular formula is C45H38N4O9. The lowest BCUT2D eigenvalue weighted by molar-refractivity contribution is -0.392. The van der Waals surface area contributed by atoms with Crippen LogP contribution in [0.5, 0.6) is 5.75 Å². The van der Waals surface area contributed by atoms with Crippen molar-refractivity contribution in [2.45, 2.75) is 30.6 Å². The minimum Gasteiger partial charge on any atom is -0.507 e. The summed E-state index contributed by atoms with van der Waals surface area (Å²) in [5.41, 5.74) is -0.675. The molecule has 1 aliphatic heterocycles. The Morgan fingerprint density at radius 2 is 1.52 bits per heavy atom. The largest absolute Gasteiger partial charge is 0.507 e. The van der Waals surface area contributed by atoms with Gasteiger partial charge in [-0.05, 0) is 47.9 Å². The molecule has 1 N–H and O–H groups in total. The summed E-state index contributed by atoms with van der Waals surface area (Å²) in [5, 5.41) is 36.6. The van der Waals surface area contributed by atoms with Crippen molar-refractivity contribution in [2.75, 3.05) is 23.9 Å². The van der Waals surface area contributed by atoms with Crippen LogP contribution in [0, 0.1) is 43.9 Å². The molecule has 1 heterocycles. The van der Waals surface area contributed by atoms with Gasteiger partial charge in [0.2, 0.25) is 11.8 Å². The number of aromatic hydroxyl groups is 1. The number of rotatable bonds is 9. The lowest BCUT2D eigenvalue weighted by Gasteiger charge is -2.55. The van der Waals surface area contributed by atoms with Crippen molar-refractivity contribution in [3.63, 3.8) is 0 Å². The zero-order chi connectivity index (χ0) is 41.2. The number of amides is 2. The summed E-state index contributed by atoms with van der Waals surface area (Å²) in [6.07, 6.45) is 5.19. The molecule has 13 nitrogen and oxygen atoms in total. The number of fused-ring (bicyclic) bond motifs is 4. The smallest absolute Gasteiger partial charge is 0.301 e. The number of ketones is 2. The van der Waals surface area contributed by atoms with E-state index in [0.717, 1.165) is 17.0 Å². The lowest BCUT2D eigenvalue weighted by Crippen LogP contribution is -2.58. The number of nitro groups is 2. The maximum atomic E-state index is 15.3. The Morgan fingerprint density at radius 1 is 0.879 bits per heavy atom. The number of phenols is 1. The Hall–Kier alpha value is -7.02. The van der Waals surface area contributed by atoms with Crippen LogP contribution < -0.4 is 9.80 Å². The van der Waals surface area contributed by atoms with E-state index in [2.05, 4.69) is 6.58 Å².